The molecule has 2 heterocycles. The lowest BCUT2D eigenvalue weighted by molar-refractivity contribution is -0.0467. The topological polar surface area (TPSA) is 34.5 Å². The summed E-state index contributed by atoms with van der Waals surface area (Å²) in [5.41, 5.74) is 0.734. The Hall–Kier alpha value is -1.13. The third-order valence-electron chi connectivity index (χ3n) is 3.31. The van der Waals surface area contributed by atoms with E-state index in [9.17, 15) is 4.79 Å². The lowest BCUT2D eigenvalue weighted by atomic mass is 10.0. The van der Waals surface area contributed by atoms with E-state index in [1.165, 1.54) is 0 Å². The molecule has 17 heavy (non-hydrogen) atoms. The molecule has 4 nitrogen and oxygen atoms in total. The number of hydrogen-bond acceptors (Lipinski definition) is 3. The Morgan fingerprint density at radius 2 is 2.29 bits per heavy atom. The summed E-state index contributed by atoms with van der Waals surface area (Å²) in [4.78, 5) is 14.3. The van der Waals surface area contributed by atoms with E-state index in [0.717, 1.165) is 12.1 Å². The second kappa shape index (κ2) is 4.63. The fraction of sp³-hybridized carbons (Fsp3) is 0.615. The number of ketones is 1. The lowest BCUT2D eigenvalue weighted by Gasteiger charge is -2.41. The van der Waals surface area contributed by atoms with Crippen molar-refractivity contribution in [1.29, 1.82) is 0 Å². The van der Waals surface area contributed by atoms with Crippen LogP contribution in [0.4, 0.5) is 0 Å². The molecule has 1 aliphatic rings. The molecule has 0 N–H and O–H groups in total. The number of hydrogen-bond donors (Lipinski definition) is 0. The van der Waals surface area contributed by atoms with Gasteiger partial charge in [0.2, 0.25) is 0 Å². The van der Waals surface area contributed by atoms with Crippen LogP contribution in [0.15, 0.2) is 18.5 Å². The van der Waals surface area contributed by atoms with Crippen LogP contribution in [0.1, 0.15) is 24.2 Å². The normalized spacial score (nSPS) is 20.4. The van der Waals surface area contributed by atoms with Crippen LogP contribution in [0.5, 0.6) is 0 Å². The first-order chi connectivity index (χ1) is 7.99. The van der Waals surface area contributed by atoms with Crippen molar-refractivity contribution in [2.75, 3.05) is 26.3 Å². The molecule has 1 aromatic heterocycles. The van der Waals surface area contributed by atoms with Crippen LogP contribution in [-0.4, -0.2) is 47.1 Å². The summed E-state index contributed by atoms with van der Waals surface area (Å²) in [6, 6.07) is 1.87. The fourth-order valence-corrected chi connectivity index (χ4v) is 2.12. The smallest absolute Gasteiger partial charge is 0.178 e. The molecule has 0 bridgehead atoms. The molecule has 0 saturated carbocycles. The molecule has 1 fully saturated rings. The van der Waals surface area contributed by atoms with Crippen molar-refractivity contribution in [3.8, 4) is 0 Å². The highest BCUT2D eigenvalue weighted by atomic mass is 16.5. The summed E-state index contributed by atoms with van der Waals surface area (Å²) < 4.78 is 7.35. The molecule has 0 amide bonds. The predicted octanol–water partition coefficient (Wildman–Crippen LogP) is 1.32. The third-order valence-corrected chi connectivity index (χ3v) is 3.31. The zero-order valence-corrected chi connectivity index (χ0v) is 10.8. The monoisotopic (exact) mass is 236 g/mol. The molecule has 0 unspecified atom stereocenters. The summed E-state index contributed by atoms with van der Waals surface area (Å²) in [6.45, 7) is 6.93. The molecular formula is C13H20N2O2. The molecule has 0 aliphatic carbocycles. The second-order valence-corrected chi connectivity index (χ2v) is 5.28. The van der Waals surface area contributed by atoms with Gasteiger partial charge in [-0.05, 0) is 19.9 Å². The minimum Gasteiger partial charge on any atom is -0.378 e. The van der Waals surface area contributed by atoms with Crippen LogP contribution in [-0.2, 0) is 11.8 Å². The largest absolute Gasteiger partial charge is 0.378 e. The SMILES string of the molecule is Cn1ccc(C(=O)CN2CCOCC2(C)C)c1. The summed E-state index contributed by atoms with van der Waals surface area (Å²) in [6.07, 6.45) is 3.77. The van der Waals surface area contributed by atoms with Gasteiger partial charge in [-0.1, -0.05) is 0 Å². The molecule has 0 spiro atoms. The summed E-state index contributed by atoms with van der Waals surface area (Å²) >= 11 is 0. The van der Waals surface area contributed by atoms with E-state index < -0.39 is 0 Å². The first-order valence-corrected chi connectivity index (χ1v) is 5.97. The van der Waals surface area contributed by atoms with Gasteiger partial charge in [0.05, 0.1) is 19.8 Å². The van der Waals surface area contributed by atoms with E-state index >= 15 is 0 Å². The minimum atomic E-state index is -0.0529. The van der Waals surface area contributed by atoms with Gasteiger partial charge in [-0.15, -0.1) is 0 Å². The van der Waals surface area contributed by atoms with E-state index in [1.54, 1.807) is 0 Å². The Balaban J connectivity index is 2.03. The van der Waals surface area contributed by atoms with Gasteiger partial charge in [0.25, 0.3) is 0 Å². The Morgan fingerprint density at radius 3 is 2.88 bits per heavy atom. The number of carbonyl (C=O) groups is 1. The molecule has 0 aromatic carbocycles. The predicted molar refractivity (Wildman–Crippen MR) is 66.2 cm³/mol. The van der Waals surface area contributed by atoms with Gasteiger partial charge in [-0.25, -0.2) is 0 Å². The maximum absolute atomic E-state index is 12.1. The molecular weight excluding hydrogens is 216 g/mol. The van der Waals surface area contributed by atoms with Crippen LogP contribution >= 0.6 is 0 Å². The van der Waals surface area contributed by atoms with Gasteiger partial charge in [0, 0.05) is 37.1 Å². The van der Waals surface area contributed by atoms with E-state index in [-0.39, 0.29) is 11.3 Å². The van der Waals surface area contributed by atoms with E-state index in [4.69, 9.17) is 4.74 Å². The van der Waals surface area contributed by atoms with Crippen molar-refractivity contribution in [2.45, 2.75) is 19.4 Å². The average molecular weight is 236 g/mol. The third kappa shape index (κ3) is 2.76. The van der Waals surface area contributed by atoms with Gasteiger partial charge in [-0.3, -0.25) is 9.69 Å². The number of Topliss-reactive ketones (excluding diaryl/α,β-unsaturated/α-hetero) is 1. The number of ether oxygens (including phenoxy) is 1. The molecule has 1 saturated heterocycles. The maximum Gasteiger partial charge on any atom is 0.178 e. The van der Waals surface area contributed by atoms with E-state index in [1.807, 2.05) is 30.1 Å². The molecule has 0 radical (unpaired) electrons. The quantitative estimate of drug-likeness (QED) is 0.742. The van der Waals surface area contributed by atoms with Crippen molar-refractivity contribution >= 4 is 5.78 Å². The number of nitrogens with zero attached hydrogens (tertiary/aromatic N) is 2. The van der Waals surface area contributed by atoms with E-state index in [0.29, 0.717) is 19.8 Å². The summed E-state index contributed by atoms with van der Waals surface area (Å²) in [5, 5.41) is 0. The average Bonchev–Trinajstić information content (AvgIpc) is 2.68. The first kappa shape index (κ1) is 12.3. The zero-order valence-electron chi connectivity index (χ0n) is 10.8. The van der Waals surface area contributed by atoms with Gasteiger partial charge in [-0.2, -0.15) is 0 Å². The molecule has 1 aliphatic heterocycles. The van der Waals surface area contributed by atoms with Crippen molar-refractivity contribution in [1.82, 2.24) is 9.47 Å². The van der Waals surface area contributed by atoms with Crippen molar-refractivity contribution in [3.05, 3.63) is 24.0 Å². The highest BCUT2D eigenvalue weighted by Crippen LogP contribution is 2.19. The van der Waals surface area contributed by atoms with Gasteiger partial charge in [0.15, 0.2) is 5.78 Å². The molecule has 2 rings (SSSR count). The maximum atomic E-state index is 12.1. The number of morpholine rings is 1. The summed E-state index contributed by atoms with van der Waals surface area (Å²) in [5.74, 6) is 0.181. The lowest BCUT2D eigenvalue weighted by Crippen LogP contribution is -2.54. The van der Waals surface area contributed by atoms with Gasteiger partial charge >= 0.3 is 0 Å². The Labute approximate surface area is 102 Å². The van der Waals surface area contributed by atoms with Crippen LogP contribution in [0.2, 0.25) is 0 Å². The van der Waals surface area contributed by atoms with Gasteiger partial charge < -0.3 is 9.30 Å². The molecule has 4 heteroatoms. The number of aryl methyl sites for hydroxylation is 1. The van der Waals surface area contributed by atoms with Gasteiger partial charge in [0.1, 0.15) is 0 Å². The Kier molecular flexibility index (Phi) is 3.35. The Bertz CT molecular complexity index is 409. The van der Waals surface area contributed by atoms with Crippen LogP contribution in [0.3, 0.4) is 0 Å². The standard InChI is InChI=1S/C13H20N2O2/c1-13(2)10-17-7-6-15(13)9-12(16)11-4-5-14(3)8-11/h4-5,8H,6-7,9-10H2,1-3H3. The van der Waals surface area contributed by atoms with Crippen LogP contribution in [0.25, 0.3) is 0 Å². The van der Waals surface area contributed by atoms with Crippen molar-refractivity contribution < 1.29 is 9.53 Å². The number of carbonyl (C=O) groups excluding carboxylic acids is 1. The zero-order chi connectivity index (χ0) is 12.5. The first-order valence-electron chi connectivity index (χ1n) is 5.97. The fourth-order valence-electron chi connectivity index (χ4n) is 2.12. The second-order valence-electron chi connectivity index (χ2n) is 5.28. The van der Waals surface area contributed by atoms with Crippen molar-refractivity contribution in [2.24, 2.45) is 7.05 Å². The minimum absolute atomic E-state index is 0.0529. The van der Waals surface area contributed by atoms with Crippen molar-refractivity contribution in [3.63, 3.8) is 0 Å². The number of aromatic nitrogens is 1. The molecule has 0 atom stereocenters. The van der Waals surface area contributed by atoms with Crippen LogP contribution < -0.4 is 0 Å². The molecule has 1 aromatic rings. The summed E-state index contributed by atoms with van der Waals surface area (Å²) in [7, 11) is 1.93. The van der Waals surface area contributed by atoms with E-state index in [2.05, 4.69) is 18.7 Å². The Morgan fingerprint density at radius 1 is 1.53 bits per heavy atom. The molecule has 94 valence electrons. The highest BCUT2D eigenvalue weighted by Gasteiger charge is 2.31. The van der Waals surface area contributed by atoms with Crippen LogP contribution in [0, 0.1) is 0 Å². The number of rotatable bonds is 3. The highest BCUT2D eigenvalue weighted by molar-refractivity contribution is 5.97.